The van der Waals surface area contributed by atoms with Crippen LogP contribution in [0.4, 0.5) is 0 Å². The highest BCUT2D eigenvalue weighted by atomic mass is 31.0. The van der Waals surface area contributed by atoms with Crippen LogP contribution >= 0.6 is 9.39 Å². The third kappa shape index (κ3) is 4.44. The normalized spacial score (nSPS) is 20.7. The van der Waals surface area contributed by atoms with Crippen molar-refractivity contribution in [1.82, 2.24) is 4.67 Å². The van der Waals surface area contributed by atoms with Crippen LogP contribution in [-0.4, -0.2) is 28.8 Å². The molecule has 13 heavy (non-hydrogen) atoms. The van der Waals surface area contributed by atoms with Crippen LogP contribution in [0.5, 0.6) is 0 Å². The van der Waals surface area contributed by atoms with Crippen molar-refractivity contribution in [2.75, 3.05) is 13.1 Å². The third-order valence-electron chi connectivity index (χ3n) is 2.06. The SMILES string of the molecule is CC.N/C(=N\O)C1CCN(P)CC1. The van der Waals surface area contributed by atoms with Gasteiger partial charge in [0.2, 0.25) is 0 Å². The molecule has 0 aliphatic carbocycles. The molecule has 1 unspecified atom stereocenters. The maximum atomic E-state index is 8.40. The summed E-state index contributed by atoms with van der Waals surface area (Å²) in [7, 11) is 2.66. The maximum absolute atomic E-state index is 8.40. The first-order chi connectivity index (χ1) is 6.24. The lowest BCUT2D eigenvalue weighted by atomic mass is 9.97. The van der Waals surface area contributed by atoms with Crippen molar-refractivity contribution in [3.63, 3.8) is 0 Å². The van der Waals surface area contributed by atoms with Crippen LogP contribution in [0.15, 0.2) is 5.16 Å². The average molecular weight is 205 g/mol. The van der Waals surface area contributed by atoms with Gasteiger partial charge in [0.1, 0.15) is 5.84 Å². The number of nitrogens with zero attached hydrogens (tertiary/aromatic N) is 2. The van der Waals surface area contributed by atoms with E-state index in [2.05, 4.69) is 19.2 Å². The summed E-state index contributed by atoms with van der Waals surface area (Å²) in [6.07, 6.45) is 1.97. The monoisotopic (exact) mass is 205 g/mol. The molecule has 1 aliphatic rings. The molecule has 0 aromatic heterocycles. The summed E-state index contributed by atoms with van der Waals surface area (Å²) in [6, 6.07) is 0. The third-order valence-corrected chi connectivity index (χ3v) is 2.58. The van der Waals surface area contributed by atoms with E-state index in [1.807, 2.05) is 13.8 Å². The van der Waals surface area contributed by atoms with Crippen LogP contribution in [0.25, 0.3) is 0 Å². The zero-order valence-electron chi connectivity index (χ0n) is 8.40. The first-order valence-corrected chi connectivity index (χ1v) is 5.22. The number of amidine groups is 1. The zero-order chi connectivity index (χ0) is 10.3. The lowest BCUT2D eigenvalue weighted by molar-refractivity contribution is 0.298. The minimum Gasteiger partial charge on any atom is -0.409 e. The average Bonchev–Trinajstić information content (AvgIpc) is 2.21. The number of rotatable bonds is 1. The van der Waals surface area contributed by atoms with Gasteiger partial charge in [-0.3, -0.25) is 4.67 Å². The van der Waals surface area contributed by atoms with Crippen molar-refractivity contribution in [3.8, 4) is 0 Å². The number of oxime groups is 1. The molecule has 0 aromatic rings. The van der Waals surface area contributed by atoms with Gasteiger partial charge >= 0.3 is 0 Å². The molecular formula is C8H20N3OP. The minimum absolute atomic E-state index is 0.275. The van der Waals surface area contributed by atoms with Crippen molar-refractivity contribution in [2.45, 2.75) is 26.7 Å². The van der Waals surface area contributed by atoms with Gasteiger partial charge in [-0.25, -0.2) is 0 Å². The molecule has 4 nitrogen and oxygen atoms in total. The zero-order valence-corrected chi connectivity index (χ0v) is 9.56. The summed E-state index contributed by atoms with van der Waals surface area (Å²) in [5.74, 6) is 0.653. The summed E-state index contributed by atoms with van der Waals surface area (Å²) in [5, 5.41) is 11.4. The van der Waals surface area contributed by atoms with Gasteiger partial charge in [-0.15, -0.1) is 0 Å². The Hall–Kier alpha value is -0.340. The van der Waals surface area contributed by atoms with Gasteiger partial charge < -0.3 is 10.9 Å². The number of nitrogens with two attached hydrogens (primary N) is 1. The molecule has 0 radical (unpaired) electrons. The molecule has 1 fully saturated rings. The number of hydrogen-bond donors (Lipinski definition) is 2. The van der Waals surface area contributed by atoms with E-state index < -0.39 is 0 Å². The quantitative estimate of drug-likeness (QED) is 0.223. The molecule has 0 saturated carbocycles. The molecule has 5 heteroatoms. The van der Waals surface area contributed by atoms with E-state index in [-0.39, 0.29) is 5.92 Å². The van der Waals surface area contributed by atoms with Gasteiger partial charge in [0.25, 0.3) is 0 Å². The predicted molar refractivity (Wildman–Crippen MR) is 58.8 cm³/mol. The van der Waals surface area contributed by atoms with E-state index >= 15 is 0 Å². The summed E-state index contributed by atoms with van der Waals surface area (Å²) < 4.78 is 2.17. The minimum atomic E-state index is 0.275. The van der Waals surface area contributed by atoms with Gasteiger partial charge in [0.15, 0.2) is 0 Å². The number of piperidine rings is 1. The topological polar surface area (TPSA) is 61.9 Å². The van der Waals surface area contributed by atoms with Crippen LogP contribution in [-0.2, 0) is 0 Å². The lowest BCUT2D eigenvalue weighted by Gasteiger charge is -2.27. The van der Waals surface area contributed by atoms with Gasteiger partial charge in [0, 0.05) is 19.0 Å². The second-order valence-corrected chi connectivity index (χ2v) is 3.57. The molecule has 1 rings (SSSR count). The highest BCUT2D eigenvalue weighted by molar-refractivity contribution is 7.13. The Labute approximate surface area is 82.4 Å². The van der Waals surface area contributed by atoms with Crippen LogP contribution in [0.1, 0.15) is 26.7 Å². The summed E-state index contributed by atoms with van der Waals surface area (Å²) in [5.41, 5.74) is 5.47. The van der Waals surface area contributed by atoms with Crippen LogP contribution in [0.2, 0.25) is 0 Å². The van der Waals surface area contributed by atoms with Crippen LogP contribution in [0.3, 0.4) is 0 Å². The molecule has 1 atom stereocenters. The molecule has 1 heterocycles. The highest BCUT2D eigenvalue weighted by Crippen LogP contribution is 2.19. The van der Waals surface area contributed by atoms with Gasteiger partial charge in [-0.05, 0) is 12.8 Å². The van der Waals surface area contributed by atoms with Gasteiger partial charge in [-0.1, -0.05) is 28.4 Å². The van der Waals surface area contributed by atoms with E-state index in [9.17, 15) is 0 Å². The van der Waals surface area contributed by atoms with Crippen molar-refractivity contribution in [1.29, 1.82) is 0 Å². The van der Waals surface area contributed by atoms with E-state index in [1.165, 1.54) is 0 Å². The van der Waals surface area contributed by atoms with E-state index in [1.54, 1.807) is 0 Å². The molecular weight excluding hydrogens is 185 g/mol. The second kappa shape index (κ2) is 7.10. The van der Waals surface area contributed by atoms with Gasteiger partial charge in [0.05, 0.1) is 0 Å². The Kier molecular flexibility index (Phi) is 6.92. The molecule has 0 spiro atoms. The molecule has 0 amide bonds. The Morgan fingerprint density at radius 3 is 2.31 bits per heavy atom. The largest absolute Gasteiger partial charge is 0.409 e. The van der Waals surface area contributed by atoms with E-state index in [0.717, 1.165) is 25.9 Å². The summed E-state index contributed by atoms with van der Waals surface area (Å²) >= 11 is 0. The van der Waals surface area contributed by atoms with Crippen LogP contribution < -0.4 is 5.73 Å². The van der Waals surface area contributed by atoms with Gasteiger partial charge in [-0.2, -0.15) is 0 Å². The van der Waals surface area contributed by atoms with Crippen LogP contribution in [0, 0.1) is 5.92 Å². The Balaban J connectivity index is 0.000000671. The maximum Gasteiger partial charge on any atom is 0.142 e. The molecule has 3 N–H and O–H groups in total. The van der Waals surface area contributed by atoms with Crippen molar-refractivity contribution in [2.24, 2.45) is 16.8 Å². The fraction of sp³-hybridized carbons (Fsp3) is 0.875. The fourth-order valence-electron chi connectivity index (χ4n) is 1.28. The predicted octanol–water partition coefficient (Wildman–Crippen LogP) is 1.26. The molecule has 1 aliphatic heterocycles. The second-order valence-electron chi connectivity index (χ2n) is 2.84. The molecule has 0 bridgehead atoms. The van der Waals surface area contributed by atoms with Crippen molar-refractivity contribution >= 4 is 15.2 Å². The Morgan fingerprint density at radius 2 is 1.92 bits per heavy atom. The Morgan fingerprint density at radius 1 is 1.46 bits per heavy atom. The Bertz CT molecular complexity index is 155. The first-order valence-electron chi connectivity index (χ1n) is 4.71. The summed E-state index contributed by atoms with van der Waals surface area (Å²) in [6.45, 7) is 6.01. The molecule has 1 saturated heterocycles. The molecule has 78 valence electrons. The highest BCUT2D eigenvalue weighted by Gasteiger charge is 2.19. The lowest BCUT2D eigenvalue weighted by Crippen LogP contribution is -2.34. The molecule has 0 aromatic carbocycles. The first kappa shape index (κ1) is 12.7. The number of hydrogen-bond acceptors (Lipinski definition) is 3. The smallest absolute Gasteiger partial charge is 0.142 e. The fourth-order valence-corrected chi connectivity index (χ4v) is 1.58. The summed E-state index contributed by atoms with van der Waals surface area (Å²) in [4.78, 5) is 0. The van der Waals surface area contributed by atoms with Crippen molar-refractivity contribution in [3.05, 3.63) is 0 Å². The van der Waals surface area contributed by atoms with E-state index in [0.29, 0.717) is 5.84 Å². The van der Waals surface area contributed by atoms with Crippen molar-refractivity contribution < 1.29 is 5.21 Å². The standard InChI is InChI=1S/C6H14N3OP.C2H6/c7-6(8-10)5-1-3-9(11)4-2-5;1-2/h5,10H,1-4,11H2,(H2,7,8);1-2H3. The van der Waals surface area contributed by atoms with E-state index in [4.69, 9.17) is 10.9 Å².